The molecule has 0 unspecified atom stereocenters. The average Bonchev–Trinajstić information content (AvgIpc) is 3.51. The highest BCUT2D eigenvalue weighted by atomic mass is 14.7. The summed E-state index contributed by atoms with van der Waals surface area (Å²) in [6, 6.07) is 62.9. The van der Waals surface area contributed by atoms with Gasteiger partial charge in [0.2, 0.25) is 0 Å². The fourth-order valence-electron chi connectivity index (χ4n) is 8.48. The molecule has 1 N–H and O–H groups in total. The SMILES string of the molecule is c1ccc2cc3c(ccc4c(-c5c6ccccc6c(-c6ccc7c(c6)[nH]c6cc8ccccc8cc67)c6ccccc56)cccc43)cc2c1. The summed E-state index contributed by atoms with van der Waals surface area (Å²) in [5.74, 6) is 0. The molecule has 11 rings (SSSR count). The van der Waals surface area contributed by atoms with Crippen molar-refractivity contribution in [2.24, 2.45) is 0 Å². The molecule has 0 aliphatic carbocycles. The van der Waals surface area contributed by atoms with Crippen molar-refractivity contribution in [1.29, 1.82) is 0 Å². The van der Waals surface area contributed by atoms with Crippen LogP contribution in [0.15, 0.2) is 170 Å². The van der Waals surface area contributed by atoms with Gasteiger partial charge in [-0.15, -0.1) is 0 Å². The van der Waals surface area contributed by atoms with E-state index in [0.29, 0.717) is 0 Å². The average molecular weight is 620 g/mol. The zero-order valence-corrected chi connectivity index (χ0v) is 26.7. The molecule has 10 aromatic carbocycles. The quantitative estimate of drug-likeness (QED) is 0.146. The standard InChI is InChI=1S/C48H29N/c1-2-11-30-25-43-33(24-29(30)10-1)20-22-36-35(43)18-9-19-38(36)48-41-16-7-5-14-39(41)47(40-15-6-8-17-42(40)48)34-21-23-37-44-26-31-12-3-4-13-32(31)27-46(44)49-45(37)28-34/h1-28,49H. The zero-order valence-electron chi connectivity index (χ0n) is 26.7. The van der Waals surface area contributed by atoms with Crippen molar-refractivity contribution < 1.29 is 0 Å². The van der Waals surface area contributed by atoms with Crippen molar-refractivity contribution in [3.05, 3.63) is 170 Å². The first-order valence-electron chi connectivity index (χ1n) is 17.0. The van der Waals surface area contributed by atoms with E-state index in [1.807, 2.05) is 0 Å². The Bertz CT molecular complexity index is 3100. The summed E-state index contributed by atoms with van der Waals surface area (Å²) in [4.78, 5) is 3.76. The lowest BCUT2D eigenvalue weighted by Crippen LogP contribution is -1.92. The molecule has 0 radical (unpaired) electrons. The summed E-state index contributed by atoms with van der Waals surface area (Å²) in [5, 5.41) is 17.8. The van der Waals surface area contributed by atoms with E-state index >= 15 is 0 Å². The summed E-state index contributed by atoms with van der Waals surface area (Å²) in [6.45, 7) is 0. The molecule has 0 spiro atoms. The smallest absolute Gasteiger partial charge is 0.0471 e. The number of fused-ring (bicyclic) bond motifs is 10. The minimum absolute atomic E-state index is 1.16. The molecule has 49 heavy (non-hydrogen) atoms. The van der Waals surface area contributed by atoms with Crippen LogP contribution < -0.4 is 0 Å². The van der Waals surface area contributed by atoms with E-state index in [1.165, 1.54) is 103 Å². The molecule has 0 saturated heterocycles. The lowest BCUT2D eigenvalue weighted by atomic mass is 9.84. The maximum absolute atomic E-state index is 3.76. The second kappa shape index (κ2) is 10.0. The second-order valence-corrected chi connectivity index (χ2v) is 13.4. The van der Waals surface area contributed by atoms with Gasteiger partial charge in [-0.2, -0.15) is 0 Å². The third-order valence-corrected chi connectivity index (χ3v) is 10.7. The first kappa shape index (κ1) is 26.6. The normalized spacial score (nSPS) is 12.1. The fraction of sp³-hybridized carbons (Fsp3) is 0. The molecule has 0 aliphatic heterocycles. The van der Waals surface area contributed by atoms with Crippen molar-refractivity contribution in [2.75, 3.05) is 0 Å². The van der Waals surface area contributed by atoms with Gasteiger partial charge in [-0.05, 0) is 117 Å². The lowest BCUT2D eigenvalue weighted by molar-refractivity contribution is 1.55. The maximum atomic E-state index is 3.76. The molecule has 1 heterocycles. The number of hydrogen-bond acceptors (Lipinski definition) is 0. The first-order valence-corrected chi connectivity index (χ1v) is 17.0. The highest BCUT2D eigenvalue weighted by Gasteiger charge is 2.19. The van der Waals surface area contributed by atoms with Crippen LogP contribution in [0.3, 0.4) is 0 Å². The Morgan fingerprint density at radius 1 is 0.265 bits per heavy atom. The Kier molecular flexibility index (Phi) is 5.45. The topological polar surface area (TPSA) is 15.8 Å². The summed E-state index contributed by atoms with van der Waals surface area (Å²) in [5.41, 5.74) is 7.39. The van der Waals surface area contributed by atoms with Crippen LogP contribution in [0.2, 0.25) is 0 Å². The van der Waals surface area contributed by atoms with E-state index in [-0.39, 0.29) is 0 Å². The molecule has 1 nitrogen and oxygen atoms in total. The Hall–Kier alpha value is -6.44. The van der Waals surface area contributed by atoms with Crippen LogP contribution >= 0.6 is 0 Å². The molecular formula is C48H29N. The van der Waals surface area contributed by atoms with Gasteiger partial charge in [0.1, 0.15) is 0 Å². The van der Waals surface area contributed by atoms with Gasteiger partial charge in [-0.25, -0.2) is 0 Å². The summed E-state index contributed by atoms with van der Waals surface area (Å²) in [6.07, 6.45) is 0. The second-order valence-electron chi connectivity index (χ2n) is 13.4. The van der Waals surface area contributed by atoms with Crippen LogP contribution in [0.5, 0.6) is 0 Å². The molecule has 1 aromatic heterocycles. The molecule has 0 fully saturated rings. The number of aromatic amines is 1. The molecule has 0 aliphatic rings. The van der Waals surface area contributed by atoms with Crippen molar-refractivity contribution in [1.82, 2.24) is 4.98 Å². The molecule has 226 valence electrons. The van der Waals surface area contributed by atoms with Gasteiger partial charge >= 0.3 is 0 Å². The van der Waals surface area contributed by atoms with Gasteiger partial charge in [0.15, 0.2) is 0 Å². The predicted molar refractivity (Wildman–Crippen MR) is 212 cm³/mol. The highest BCUT2D eigenvalue weighted by molar-refractivity contribution is 6.25. The van der Waals surface area contributed by atoms with Gasteiger partial charge in [0, 0.05) is 21.8 Å². The summed E-state index contributed by atoms with van der Waals surface area (Å²) in [7, 11) is 0. The number of hydrogen-bond donors (Lipinski definition) is 1. The van der Waals surface area contributed by atoms with Crippen LogP contribution in [0.4, 0.5) is 0 Å². The Balaban J connectivity index is 1.19. The van der Waals surface area contributed by atoms with E-state index in [9.17, 15) is 0 Å². The third kappa shape index (κ3) is 3.87. The van der Waals surface area contributed by atoms with E-state index in [1.54, 1.807) is 0 Å². The van der Waals surface area contributed by atoms with E-state index in [0.717, 1.165) is 5.52 Å². The number of rotatable bonds is 2. The molecule has 0 amide bonds. The van der Waals surface area contributed by atoms with Gasteiger partial charge in [0.25, 0.3) is 0 Å². The van der Waals surface area contributed by atoms with Gasteiger partial charge in [0.05, 0.1) is 0 Å². The Labute approximate surface area is 282 Å². The Morgan fingerprint density at radius 2 is 0.796 bits per heavy atom. The zero-order chi connectivity index (χ0) is 32.1. The number of nitrogens with one attached hydrogen (secondary N) is 1. The minimum Gasteiger partial charge on any atom is -0.354 e. The lowest BCUT2D eigenvalue weighted by Gasteiger charge is -2.19. The summed E-state index contributed by atoms with van der Waals surface area (Å²) < 4.78 is 0. The fourth-order valence-corrected chi connectivity index (χ4v) is 8.48. The molecule has 0 saturated carbocycles. The predicted octanol–water partition coefficient (Wildman–Crippen LogP) is 13.6. The van der Waals surface area contributed by atoms with Crippen molar-refractivity contribution in [3.8, 4) is 22.3 Å². The van der Waals surface area contributed by atoms with Crippen LogP contribution in [0.1, 0.15) is 0 Å². The Morgan fingerprint density at radius 3 is 1.49 bits per heavy atom. The van der Waals surface area contributed by atoms with Crippen molar-refractivity contribution in [3.63, 3.8) is 0 Å². The van der Waals surface area contributed by atoms with Crippen LogP contribution in [-0.4, -0.2) is 4.98 Å². The molecule has 1 heteroatoms. The van der Waals surface area contributed by atoms with Crippen molar-refractivity contribution >= 4 is 86.4 Å². The maximum Gasteiger partial charge on any atom is 0.0471 e. The monoisotopic (exact) mass is 619 g/mol. The van der Waals surface area contributed by atoms with Crippen LogP contribution in [-0.2, 0) is 0 Å². The molecule has 0 atom stereocenters. The van der Waals surface area contributed by atoms with Gasteiger partial charge in [-0.1, -0.05) is 140 Å². The van der Waals surface area contributed by atoms with Crippen molar-refractivity contribution in [2.45, 2.75) is 0 Å². The highest BCUT2D eigenvalue weighted by Crippen LogP contribution is 2.46. The van der Waals surface area contributed by atoms with E-state index in [2.05, 4.69) is 175 Å². The minimum atomic E-state index is 1.16. The molecule has 11 aromatic rings. The number of H-pyrrole nitrogens is 1. The summed E-state index contributed by atoms with van der Waals surface area (Å²) >= 11 is 0. The van der Waals surface area contributed by atoms with Gasteiger partial charge in [-0.3, -0.25) is 0 Å². The van der Waals surface area contributed by atoms with Gasteiger partial charge < -0.3 is 4.98 Å². The number of benzene rings is 10. The van der Waals surface area contributed by atoms with Crippen LogP contribution in [0.25, 0.3) is 109 Å². The molecule has 0 bridgehead atoms. The van der Waals surface area contributed by atoms with E-state index in [4.69, 9.17) is 0 Å². The number of aromatic nitrogens is 1. The van der Waals surface area contributed by atoms with Crippen LogP contribution in [0, 0.1) is 0 Å². The largest absolute Gasteiger partial charge is 0.354 e. The molecular weight excluding hydrogens is 591 g/mol. The third-order valence-electron chi connectivity index (χ3n) is 10.7. The first-order chi connectivity index (χ1) is 24.3. The van der Waals surface area contributed by atoms with E-state index < -0.39 is 0 Å².